The molecule has 0 amide bonds. The van der Waals surface area contributed by atoms with Gasteiger partial charge in [-0.3, -0.25) is 4.98 Å². The van der Waals surface area contributed by atoms with E-state index in [1.54, 1.807) is 6.20 Å². The molecule has 2 rings (SSSR count). The van der Waals surface area contributed by atoms with E-state index in [0.29, 0.717) is 19.1 Å². The van der Waals surface area contributed by atoms with Crippen molar-refractivity contribution in [3.63, 3.8) is 0 Å². The normalized spacial score (nSPS) is 10.8. The van der Waals surface area contributed by atoms with Crippen LogP contribution >= 0.6 is 0 Å². The zero-order valence-electron chi connectivity index (χ0n) is 12.4. The maximum absolute atomic E-state index is 5.96. The summed E-state index contributed by atoms with van der Waals surface area (Å²) < 4.78 is 5.96. The monoisotopic (exact) mass is 270 g/mol. The molecule has 0 unspecified atom stereocenters. The SMILES string of the molecule is Cc1ccc(C(C)C)cc1OCc1cccnc1CN. The molecule has 0 fully saturated rings. The third kappa shape index (κ3) is 3.36. The van der Waals surface area contributed by atoms with E-state index < -0.39 is 0 Å². The van der Waals surface area contributed by atoms with Crippen LogP contribution in [0.4, 0.5) is 0 Å². The first-order valence-corrected chi connectivity index (χ1v) is 6.98. The van der Waals surface area contributed by atoms with Crippen LogP contribution in [0.25, 0.3) is 0 Å². The summed E-state index contributed by atoms with van der Waals surface area (Å²) in [5.41, 5.74) is 10.1. The van der Waals surface area contributed by atoms with Crippen LogP contribution in [0.3, 0.4) is 0 Å². The van der Waals surface area contributed by atoms with Crippen LogP contribution in [0, 0.1) is 6.92 Å². The lowest BCUT2D eigenvalue weighted by Gasteiger charge is -2.14. The van der Waals surface area contributed by atoms with Gasteiger partial charge in [0.2, 0.25) is 0 Å². The summed E-state index contributed by atoms with van der Waals surface area (Å²) in [7, 11) is 0. The highest BCUT2D eigenvalue weighted by Gasteiger charge is 2.07. The topological polar surface area (TPSA) is 48.1 Å². The first-order chi connectivity index (χ1) is 9.61. The molecular formula is C17H22N2O. The molecule has 0 saturated heterocycles. The van der Waals surface area contributed by atoms with Gasteiger partial charge in [0.25, 0.3) is 0 Å². The van der Waals surface area contributed by atoms with E-state index >= 15 is 0 Å². The van der Waals surface area contributed by atoms with Gasteiger partial charge in [0.05, 0.1) is 5.69 Å². The zero-order valence-corrected chi connectivity index (χ0v) is 12.4. The van der Waals surface area contributed by atoms with E-state index in [9.17, 15) is 0 Å². The molecule has 0 spiro atoms. The zero-order chi connectivity index (χ0) is 14.5. The molecule has 106 valence electrons. The van der Waals surface area contributed by atoms with E-state index in [1.165, 1.54) is 5.56 Å². The molecule has 1 aromatic heterocycles. The second-order valence-corrected chi connectivity index (χ2v) is 5.28. The number of hydrogen-bond acceptors (Lipinski definition) is 3. The Hall–Kier alpha value is -1.87. The van der Waals surface area contributed by atoms with Crippen molar-refractivity contribution >= 4 is 0 Å². The molecule has 3 heteroatoms. The predicted octanol–water partition coefficient (Wildman–Crippen LogP) is 3.55. The number of ether oxygens (including phenoxy) is 1. The summed E-state index contributed by atoms with van der Waals surface area (Å²) in [6.45, 7) is 7.37. The van der Waals surface area contributed by atoms with Gasteiger partial charge in [0.15, 0.2) is 0 Å². The van der Waals surface area contributed by atoms with E-state index in [0.717, 1.165) is 22.6 Å². The van der Waals surface area contributed by atoms with Crippen molar-refractivity contribution in [1.82, 2.24) is 4.98 Å². The molecule has 1 aromatic carbocycles. The Morgan fingerprint density at radius 3 is 2.75 bits per heavy atom. The molecule has 1 heterocycles. The average Bonchev–Trinajstić information content (AvgIpc) is 2.46. The van der Waals surface area contributed by atoms with Crippen LogP contribution in [0.1, 0.15) is 42.1 Å². The summed E-state index contributed by atoms with van der Waals surface area (Å²) in [6, 6.07) is 10.3. The molecule has 2 N–H and O–H groups in total. The lowest BCUT2D eigenvalue weighted by Crippen LogP contribution is -2.07. The van der Waals surface area contributed by atoms with Crippen LogP contribution in [0.2, 0.25) is 0 Å². The maximum Gasteiger partial charge on any atom is 0.123 e. The first kappa shape index (κ1) is 14.5. The Morgan fingerprint density at radius 2 is 2.05 bits per heavy atom. The van der Waals surface area contributed by atoms with Crippen LogP contribution in [0.15, 0.2) is 36.5 Å². The Balaban J connectivity index is 2.16. The Morgan fingerprint density at radius 1 is 1.25 bits per heavy atom. The van der Waals surface area contributed by atoms with E-state index in [4.69, 9.17) is 10.5 Å². The Bertz CT molecular complexity index is 579. The Labute approximate surface area is 120 Å². The molecule has 20 heavy (non-hydrogen) atoms. The van der Waals surface area contributed by atoms with Gasteiger partial charge < -0.3 is 10.5 Å². The van der Waals surface area contributed by atoms with E-state index in [-0.39, 0.29) is 0 Å². The molecule has 0 bridgehead atoms. The van der Waals surface area contributed by atoms with Crippen molar-refractivity contribution in [3.8, 4) is 5.75 Å². The third-order valence-electron chi connectivity index (χ3n) is 3.44. The Kier molecular flexibility index (Phi) is 4.74. The fourth-order valence-corrected chi connectivity index (χ4v) is 2.07. The minimum absolute atomic E-state index is 0.435. The van der Waals surface area contributed by atoms with Crippen LogP contribution < -0.4 is 10.5 Å². The van der Waals surface area contributed by atoms with Gasteiger partial charge in [-0.05, 0) is 36.1 Å². The number of pyridine rings is 1. The lowest BCUT2D eigenvalue weighted by atomic mass is 10.0. The number of nitrogens with two attached hydrogens (primary N) is 1. The van der Waals surface area contributed by atoms with Gasteiger partial charge in [-0.2, -0.15) is 0 Å². The van der Waals surface area contributed by atoms with Gasteiger partial charge >= 0.3 is 0 Å². The molecule has 0 aliphatic carbocycles. The van der Waals surface area contributed by atoms with E-state index in [1.807, 2.05) is 12.1 Å². The standard InChI is InChI=1S/C17H22N2O/c1-12(2)14-7-6-13(3)17(9-14)20-11-15-5-4-8-19-16(15)10-18/h4-9,12H,10-11,18H2,1-3H3. The number of rotatable bonds is 5. The maximum atomic E-state index is 5.96. The van der Waals surface area contributed by atoms with Gasteiger partial charge in [-0.1, -0.05) is 32.0 Å². The fraction of sp³-hybridized carbons (Fsp3) is 0.353. The quantitative estimate of drug-likeness (QED) is 0.903. The highest BCUT2D eigenvalue weighted by molar-refractivity contribution is 5.38. The number of hydrogen-bond donors (Lipinski definition) is 1. The first-order valence-electron chi connectivity index (χ1n) is 6.98. The van der Waals surface area contributed by atoms with Crippen molar-refractivity contribution in [1.29, 1.82) is 0 Å². The third-order valence-corrected chi connectivity index (χ3v) is 3.44. The van der Waals surface area contributed by atoms with Crippen LogP contribution in [-0.2, 0) is 13.2 Å². The van der Waals surface area contributed by atoms with Crippen molar-refractivity contribution in [2.75, 3.05) is 0 Å². The minimum Gasteiger partial charge on any atom is -0.489 e. The summed E-state index contributed by atoms with van der Waals surface area (Å²) in [5, 5.41) is 0. The highest BCUT2D eigenvalue weighted by atomic mass is 16.5. The summed E-state index contributed by atoms with van der Waals surface area (Å²) in [6.07, 6.45) is 1.76. The van der Waals surface area contributed by atoms with Gasteiger partial charge in [-0.25, -0.2) is 0 Å². The number of nitrogens with zero attached hydrogens (tertiary/aromatic N) is 1. The molecule has 0 atom stereocenters. The van der Waals surface area contributed by atoms with Crippen molar-refractivity contribution < 1.29 is 4.74 Å². The summed E-state index contributed by atoms with van der Waals surface area (Å²) in [4.78, 5) is 4.27. The summed E-state index contributed by atoms with van der Waals surface area (Å²) in [5.74, 6) is 1.43. The number of aromatic nitrogens is 1. The molecule has 2 aromatic rings. The van der Waals surface area contributed by atoms with Crippen LogP contribution in [-0.4, -0.2) is 4.98 Å². The lowest BCUT2D eigenvalue weighted by molar-refractivity contribution is 0.302. The second-order valence-electron chi connectivity index (χ2n) is 5.28. The molecule has 0 aliphatic rings. The van der Waals surface area contributed by atoms with Gasteiger partial charge in [-0.15, -0.1) is 0 Å². The van der Waals surface area contributed by atoms with Gasteiger partial charge in [0, 0.05) is 18.3 Å². The fourth-order valence-electron chi connectivity index (χ4n) is 2.07. The molecule has 0 saturated carbocycles. The second kappa shape index (κ2) is 6.53. The largest absolute Gasteiger partial charge is 0.489 e. The van der Waals surface area contributed by atoms with Crippen LogP contribution in [0.5, 0.6) is 5.75 Å². The van der Waals surface area contributed by atoms with Crippen molar-refractivity contribution in [3.05, 3.63) is 58.9 Å². The molecular weight excluding hydrogens is 248 g/mol. The van der Waals surface area contributed by atoms with Crippen molar-refractivity contribution in [2.24, 2.45) is 5.73 Å². The van der Waals surface area contributed by atoms with Gasteiger partial charge in [0.1, 0.15) is 12.4 Å². The number of benzene rings is 1. The minimum atomic E-state index is 0.435. The highest BCUT2D eigenvalue weighted by Crippen LogP contribution is 2.25. The van der Waals surface area contributed by atoms with E-state index in [2.05, 4.69) is 44.0 Å². The molecule has 0 radical (unpaired) electrons. The molecule has 0 aliphatic heterocycles. The molecule has 3 nitrogen and oxygen atoms in total. The van der Waals surface area contributed by atoms with Crippen molar-refractivity contribution in [2.45, 2.75) is 39.8 Å². The number of aryl methyl sites for hydroxylation is 1. The summed E-state index contributed by atoms with van der Waals surface area (Å²) >= 11 is 0. The smallest absolute Gasteiger partial charge is 0.123 e. The predicted molar refractivity (Wildman–Crippen MR) is 81.7 cm³/mol. The average molecular weight is 270 g/mol.